The molecule has 3 nitrogen and oxygen atoms in total. The lowest BCUT2D eigenvalue weighted by Crippen LogP contribution is -2.38. The Balaban J connectivity index is 2.00. The van der Waals surface area contributed by atoms with E-state index in [1.165, 1.54) is 18.4 Å². The summed E-state index contributed by atoms with van der Waals surface area (Å²) in [7, 11) is 0. The first-order valence-corrected chi connectivity index (χ1v) is 6.84. The smallest absolute Gasteiger partial charge is 0.226 e. The molecule has 2 rings (SSSR count). The highest BCUT2D eigenvalue weighted by atomic mass is 16.2. The normalized spacial score (nSPS) is 15.8. The van der Waals surface area contributed by atoms with Gasteiger partial charge in [0, 0.05) is 25.6 Å². The van der Waals surface area contributed by atoms with Crippen molar-refractivity contribution in [3.63, 3.8) is 0 Å². The summed E-state index contributed by atoms with van der Waals surface area (Å²) in [5.41, 5.74) is 6.80. The maximum atomic E-state index is 12.4. The third-order valence-corrected chi connectivity index (χ3v) is 3.63. The summed E-state index contributed by atoms with van der Waals surface area (Å²) in [5.74, 6) is 0.530. The Morgan fingerprint density at radius 3 is 2.50 bits per heavy atom. The van der Waals surface area contributed by atoms with E-state index in [0.717, 1.165) is 12.8 Å². The number of benzene rings is 1. The van der Waals surface area contributed by atoms with Crippen molar-refractivity contribution in [2.75, 3.05) is 13.1 Å². The SMILES string of the molecule is NCCN(Cc1ccccc1)C(=O)C1CCCC1. The van der Waals surface area contributed by atoms with Crippen molar-refractivity contribution >= 4 is 5.91 Å². The maximum Gasteiger partial charge on any atom is 0.226 e. The minimum atomic E-state index is 0.236. The molecule has 0 aromatic heterocycles. The zero-order valence-corrected chi connectivity index (χ0v) is 10.8. The van der Waals surface area contributed by atoms with E-state index >= 15 is 0 Å². The molecular formula is C15H22N2O. The summed E-state index contributed by atoms with van der Waals surface area (Å²) in [6, 6.07) is 10.1. The highest BCUT2D eigenvalue weighted by molar-refractivity contribution is 5.79. The maximum absolute atomic E-state index is 12.4. The fraction of sp³-hybridized carbons (Fsp3) is 0.533. The van der Waals surface area contributed by atoms with Crippen molar-refractivity contribution < 1.29 is 4.79 Å². The molecule has 3 heteroatoms. The molecule has 98 valence electrons. The average Bonchev–Trinajstić information content (AvgIpc) is 2.92. The van der Waals surface area contributed by atoms with Gasteiger partial charge in [-0.3, -0.25) is 4.79 Å². The van der Waals surface area contributed by atoms with Gasteiger partial charge in [-0.1, -0.05) is 43.2 Å². The first-order valence-electron chi connectivity index (χ1n) is 6.84. The Hall–Kier alpha value is -1.35. The fourth-order valence-corrected chi connectivity index (χ4v) is 2.66. The van der Waals surface area contributed by atoms with Gasteiger partial charge in [-0.25, -0.2) is 0 Å². The molecule has 0 radical (unpaired) electrons. The summed E-state index contributed by atoms with van der Waals surface area (Å²) in [6.07, 6.45) is 4.49. The van der Waals surface area contributed by atoms with Crippen LogP contribution in [-0.2, 0) is 11.3 Å². The minimum absolute atomic E-state index is 0.236. The fourth-order valence-electron chi connectivity index (χ4n) is 2.66. The second kappa shape index (κ2) is 6.55. The predicted molar refractivity (Wildman–Crippen MR) is 72.9 cm³/mol. The van der Waals surface area contributed by atoms with Crippen molar-refractivity contribution in [1.82, 2.24) is 4.90 Å². The summed E-state index contributed by atoms with van der Waals surface area (Å²) >= 11 is 0. The summed E-state index contributed by atoms with van der Waals surface area (Å²) in [4.78, 5) is 14.3. The zero-order chi connectivity index (χ0) is 12.8. The van der Waals surface area contributed by atoms with Gasteiger partial charge in [-0.05, 0) is 18.4 Å². The van der Waals surface area contributed by atoms with Crippen LogP contribution in [0, 0.1) is 5.92 Å². The Morgan fingerprint density at radius 1 is 1.22 bits per heavy atom. The lowest BCUT2D eigenvalue weighted by atomic mass is 10.1. The average molecular weight is 246 g/mol. The molecular weight excluding hydrogens is 224 g/mol. The lowest BCUT2D eigenvalue weighted by molar-refractivity contribution is -0.135. The van der Waals surface area contributed by atoms with Crippen molar-refractivity contribution in [2.24, 2.45) is 11.7 Å². The van der Waals surface area contributed by atoms with E-state index in [-0.39, 0.29) is 5.92 Å². The lowest BCUT2D eigenvalue weighted by Gasteiger charge is -2.25. The molecule has 1 aliphatic rings. The zero-order valence-electron chi connectivity index (χ0n) is 10.8. The molecule has 1 amide bonds. The van der Waals surface area contributed by atoms with Gasteiger partial charge in [-0.15, -0.1) is 0 Å². The number of hydrogen-bond acceptors (Lipinski definition) is 2. The van der Waals surface area contributed by atoms with Crippen LogP contribution in [-0.4, -0.2) is 23.9 Å². The molecule has 0 atom stereocenters. The second-order valence-corrected chi connectivity index (χ2v) is 5.02. The molecule has 0 unspecified atom stereocenters. The topological polar surface area (TPSA) is 46.3 Å². The van der Waals surface area contributed by atoms with Gasteiger partial charge in [0.1, 0.15) is 0 Å². The van der Waals surface area contributed by atoms with E-state index in [9.17, 15) is 4.79 Å². The molecule has 0 spiro atoms. The van der Waals surface area contributed by atoms with Crippen LogP contribution in [0.25, 0.3) is 0 Å². The van der Waals surface area contributed by atoms with Gasteiger partial charge in [0.2, 0.25) is 5.91 Å². The van der Waals surface area contributed by atoms with E-state index in [1.807, 2.05) is 23.1 Å². The monoisotopic (exact) mass is 246 g/mol. The number of nitrogens with two attached hydrogens (primary N) is 1. The number of rotatable bonds is 5. The molecule has 2 N–H and O–H groups in total. The minimum Gasteiger partial charge on any atom is -0.337 e. The molecule has 1 aromatic rings. The molecule has 18 heavy (non-hydrogen) atoms. The first-order chi connectivity index (χ1) is 8.81. The standard InChI is InChI=1S/C15H22N2O/c16-10-11-17(12-13-6-2-1-3-7-13)15(18)14-8-4-5-9-14/h1-3,6-7,14H,4-5,8-12,16H2. The Labute approximate surface area is 109 Å². The van der Waals surface area contributed by atoms with Crippen LogP contribution in [0.3, 0.4) is 0 Å². The second-order valence-electron chi connectivity index (χ2n) is 5.02. The van der Waals surface area contributed by atoms with E-state index in [1.54, 1.807) is 0 Å². The van der Waals surface area contributed by atoms with Gasteiger partial charge in [0.05, 0.1) is 0 Å². The largest absolute Gasteiger partial charge is 0.337 e. The molecule has 0 bridgehead atoms. The summed E-state index contributed by atoms with van der Waals surface area (Å²) in [5, 5.41) is 0. The van der Waals surface area contributed by atoms with Crippen LogP contribution in [0.2, 0.25) is 0 Å². The number of nitrogens with zero attached hydrogens (tertiary/aromatic N) is 1. The van der Waals surface area contributed by atoms with E-state index in [2.05, 4.69) is 12.1 Å². The quantitative estimate of drug-likeness (QED) is 0.865. The van der Waals surface area contributed by atoms with E-state index < -0.39 is 0 Å². The highest BCUT2D eigenvalue weighted by Gasteiger charge is 2.26. The molecule has 1 aliphatic carbocycles. The molecule has 0 heterocycles. The Morgan fingerprint density at radius 2 is 1.89 bits per heavy atom. The third-order valence-electron chi connectivity index (χ3n) is 3.63. The number of carbonyl (C=O) groups is 1. The van der Waals surface area contributed by atoms with E-state index in [0.29, 0.717) is 25.5 Å². The van der Waals surface area contributed by atoms with Crippen molar-refractivity contribution in [3.05, 3.63) is 35.9 Å². The molecule has 0 aliphatic heterocycles. The van der Waals surface area contributed by atoms with Gasteiger partial charge < -0.3 is 10.6 Å². The number of amides is 1. The number of carbonyl (C=O) groups excluding carboxylic acids is 1. The molecule has 1 saturated carbocycles. The Bertz CT molecular complexity index is 371. The highest BCUT2D eigenvalue weighted by Crippen LogP contribution is 2.27. The van der Waals surface area contributed by atoms with Gasteiger partial charge in [-0.2, -0.15) is 0 Å². The molecule has 1 aromatic carbocycles. The summed E-state index contributed by atoms with van der Waals surface area (Å²) in [6.45, 7) is 1.88. The van der Waals surface area contributed by atoms with Crippen molar-refractivity contribution in [3.8, 4) is 0 Å². The molecule has 1 fully saturated rings. The van der Waals surface area contributed by atoms with Crippen LogP contribution < -0.4 is 5.73 Å². The van der Waals surface area contributed by atoms with Gasteiger partial charge >= 0.3 is 0 Å². The number of hydrogen-bond donors (Lipinski definition) is 1. The van der Waals surface area contributed by atoms with Crippen LogP contribution in [0.5, 0.6) is 0 Å². The van der Waals surface area contributed by atoms with E-state index in [4.69, 9.17) is 5.73 Å². The van der Waals surface area contributed by atoms with Crippen molar-refractivity contribution in [2.45, 2.75) is 32.2 Å². The van der Waals surface area contributed by atoms with Crippen LogP contribution in [0.4, 0.5) is 0 Å². The van der Waals surface area contributed by atoms with Crippen molar-refractivity contribution in [1.29, 1.82) is 0 Å². The molecule has 0 saturated heterocycles. The van der Waals surface area contributed by atoms with Gasteiger partial charge in [0.25, 0.3) is 0 Å². The van der Waals surface area contributed by atoms with Crippen LogP contribution >= 0.6 is 0 Å². The first kappa shape index (κ1) is 13.1. The third kappa shape index (κ3) is 3.33. The van der Waals surface area contributed by atoms with Crippen LogP contribution in [0.15, 0.2) is 30.3 Å². The van der Waals surface area contributed by atoms with Gasteiger partial charge in [0.15, 0.2) is 0 Å². The Kier molecular flexibility index (Phi) is 4.76. The summed E-state index contributed by atoms with van der Waals surface area (Å²) < 4.78 is 0. The predicted octanol–water partition coefficient (Wildman–Crippen LogP) is 2.16. The van der Waals surface area contributed by atoms with Crippen LogP contribution in [0.1, 0.15) is 31.2 Å².